The van der Waals surface area contributed by atoms with Crippen LogP contribution in [0.15, 0.2) is 54.6 Å². The molecule has 2 heterocycles. The van der Waals surface area contributed by atoms with Crippen LogP contribution in [-0.4, -0.2) is 46.1 Å². The van der Waals surface area contributed by atoms with Gasteiger partial charge in [0.25, 0.3) is 11.8 Å². The smallest absolute Gasteiger partial charge is 0.340 e. The molecule has 0 saturated heterocycles. The van der Waals surface area contributed by atoms with Crippen molar-refractivity contribution in [3.8, 4) is 11.9 Å². The molecule has 2 aromatic carbocycles. The highest BCUT2D eigenvalue weighted by Crippen LogP contribution is 2.51. The van der Waals surface area contributed by atoms with Crippen LogP contribution in [0, 0.1) is 17.4 Å². The van der Waals surface area contributed by atoms with Crippen LogP contribution < -0.4 is 10.2 Å². The topological polar surface area (TPSA) is 94.3 Å². The van der Waals surface area contributed by atoms with Gasteiger partial charge in [0.05, 0.1) is 23.5 Å². The molecule has 2 atom stereocenters. The van der Waals surface area contributed by atoms with Gasteiger partial charge in [-0.1, -0.05) is 24.3 Å². The Hall–Kier alpha value is -4.33. The fourth-order valence-electron chi connectivity index (χ4n) is 5.27. The summed E-state index contributed by atoms with van der Waals surface area (Å²) in [6.45, 7) is 2.29. The van der Waals surface area contributed by atoms with Crippen LogP contribution in [0.4, 0.5) is 19.0 Å². The first-order valence-electron chi connectivity index (χ1n) is 12.7. The van der Waals surface area contributed by atoms with E-state index in [4.69, 9.17) is 5.10 Å². The summed E-state index contributed by atoms with van der Waals surface area (Å²) < 4.78 is 41.6. The van der Waals surface area contributed by atoms with Crippen LogP contribution >= 0.6 is 0 Å². The number of alkyl halides is 3. The highest BCUT2D eigenvalue weighted by molar-refractivity contribution is 6.05. The number of amides is 2. The van der Waals surface area contributed by atoms with Gasteiger partial charge in [-0.05, 0) is 56.0 Å². The Morgan fingerprint density at radius 2 is 1.90 bits per heavy atom. The van der Waals surface area contributed by atoms with Gasteiger partial charge < -0.3 is 10.2 Å². The number of aromatic nitrogens is 2. The van der Waals surface area contributed by atoms with E-state index in [1.54, 1.807) is 16.6 Å². The molecule has 0 bridgehead atoms. The lowest BCUT2D eigenvalue weighted by atomic mass is 9.82. The fourth-order valence-corrected chi connectivity index (χ4v) is 5.27. The Balaban J connectivity index is 1.61. The molecule has 2 aliphatic rings. The molecule has 1 aromatic heterocycles. The van der Waals surface area contributed by atoms with E-state index in [1.807, 2.05) is 37.3 Å². The molecule has 11 heteroatoms. The van der Waals surface area contributed by atoms with E-state index in [2.05, 4.69) is 11.5 Å². The summed E-state index contributed by atoms with van der Waals surface area (Å²) in [7, 11) is 1.64. The number of nitrogens with one attached hydrogen (secondary N) is 1. The molecule has 1 aliphatic carbocycles. The molecule has 8 nitrogen and oxygen atoms in total. The average Bonchev–Trinajstić information content (AvgIpc) is 3.71. The van der Waals surface area contributed by atoms with Crippen LogP contribution in [0.1, 0.15) is 52.9 Å². The number of nitriles is 1. The predicted molar refractivity (Wildman–Crippen MR) is 137 cm³/mol. The summed E-state index contributed by atoms with van der Waals surface area (Å²) in [5.41, 5.74) is 1.02. The second-order valence-corrected chi connectivity index (χ2v) is 9.86. The number of anilines is 1. The van der Waals surface area contributed by atoms with Gasteiger partial charge >= 0.3 is 6.18 Å². The zero-order valence-corrected chi connectivity index (χ0v) is 21.4. The van der Waals surface area contributed by atoms with Gasteiger partial charge in [-0.15, -0.1) is 0 Å². The maximum Gasteiger partial charge on any atom is 0.416 e. The van der Waals surface area contributed by atoms with Crippen molar-refractivity contribution in [3.05, 3.63) is 77.0 Å². The van der Waals surface area contributed by atoms with Crippen molar-refractivity contribution in [1.82, 2.24) is 20.0 Å². The Labute approximate surface area is 223 Å². The van der Waals surface area contributed by atoms with E-state index in [9.17, 15) is 28.0 Å². The van der Waals surface area contributed by atoms with Gasteiger partial charge in [-0.25, -0.2) is 4.68 Å². The standard InChI is InChI=1S/C28H27F3N6O2/c1-3-36-26-23(21(15-35(2)16-32)34-37(26)20-10-5-4-6-11-20)22(17-12-13-17)24(27(36)39)33-25(38)18-8-7-9-19(14-18)28(29,30)31/h4-11,14,17,22,24H,3,12-13,15H2,1-2H3,(H,33,38)/t22-,24-/m0/s1. The number of para-hydroxylation sites is 1. The first kappa shape index (κ1) is 26.3. The summed E-state index contributed by atoms with van der Waals surface area (Å²) in [6, 6.07) is 12.5. The Morgan fingerprint density at radius 3 is 2.51 bits per heavy atom. The molecule has 1 saturated carbocycles. The molecule has 0 spiro atoms. The SMILES string of the molecule is CCN1C(=O)[C@@H](NC(=O)c2cccc(C(F)(F)F)c2)[C@@H](C2CC2)c2c(CN(C)C#N)nn(-c3ccccc3)c21. The van der Waals surface area contributed by atoms with E-state index >= 15 is 0 Å². The number of fused-ring (bicyclic) bond motifs is 1. The number of rotatable bonds is 7. The third kappa shape index (κ3) is 4.94. The average molecular weight is 537 g/mol. The maximum atomic E-state index is 14.0. The molecule has 3 aromatic rings. The highest BCUT2D eigenvalue weighted by Gasteiger charge is 2.51. The summed E-state index contributed by atoms with van der Waals surface area (Å²) in [6.07, 6.45) is -0.841. The van der Waals surface area contributed by atoms with Crippen LogP contribution in [0.25, 0.3) is 5.69 Å². The van der Waals surface area contributed by atoms with Gasteiger partial charge in [-0.3, -0.25) is 14.5 Å². The first-order chi connectivity index (χ1) is 18.6. The number of likely N-dealkylation sites (N-methyl/N-ethyl adjacent to an activating group) is 1. The van der Waals surface area contributed by atoms with Gasteiger partial charge in [0, 0.05) is 30.6 Å². The maximum absolute atomic E-state index is 14.0. The quantitative estimate of drug-likeness (QED) is 0.356. The van der Waals surface area contributed by atoms with E-state index in [0.29, 0.717) is 11.5 Å². The molecular weight excluding hydrogens is 509 g/mol. The zero-order valence-electron chi connectivity index (χ0n) is 21.4. The third-order valence-electron chi connectivity index (χ3n) is 7.20. The van der Waals surface area contributed by atoms with Crippen LogP contribution in [0.2, 0.25) is 0 Å². The largest absolute Gasteiger partial charge is 0.416 e. The zero-order chi connectivity index (χ0) is 27.9. The van der Waals surface area contributed by atoms with Crippen molar-refractivity contribution >= 4 is 17.6 Å². The molecular formula is C28H27F3N6O2. The van der Waals surface area contributed by atoms with Crippen molar-refractivity contribution in [3.63, 3.8) is 0 Å². The molecule has 2 amide bonds. The monoisotopic (exact) mass is 536 g/mol. The van der Waals surface area contributed by atoms with Gasteiger partial charge in [0.2, 0.25) is 0 Å². The second kappa shape index (κ2) is 10.1. The van der Waals surface area contributed by atoms with Gasteiger partial charge in [0.15, 0.2) is 6.19 Å². The summed E-state index contributed by atoms with van der Waals surface area (Å²) in [4.78, 5) is 30.2. The molecule has 202 valence electrons. The fraction of sp³-hybridized carbons (Fsp3) is 0.357. The number of benzene rings is 2. The Bertz CT molecular complexity index is 1440. The highest BCUT2D eigenvalue weighted by atomic mass is 19.4. The van der Waals surface area contributed by atoms with E-state index < -0.39 is 29.6 Å². The molecule has 5 rings (SSSR count). The van der Waals surface area contributed by atoms with Crippen LogP contribution in [0.5, 0.6) is 0 Å². The minimum Gasteiger partial charge on any atom is -0.340 e. The number of nitrogens with zero attached hydrogens (tertiary/aromatic N) is 5. The van der Waals surface area contributed by atoms with Crippen molar-refractivity contribution in [2.24, 2.45) is 5.92 Å². The number of carbonyl (C=O) groups excluding carboxylic acids is 2. The molecule has 1 aliphatic heterocycles. The van der Waals surface area contributed by atoms with Crippen molar-refractivity contribution in [2.75, 3.05) is 18.5 Å². The van der Waals surface area contributed by atoms with Gasteiger partial charge in [0.1, 0.15) is 11.9 Å². The number of hydrogen-bond acceptors (Lipinski definition) is 5. The first-order valence-corrected chi connectivity index (χ1v) is 12.7. The molecule has 0 radical (unpaired) electrons. The van der Waals surface area contributed by atoms with Crippen molar-refractivity contribution in [1.29, 1.82) is 5.26 Å². The predicted octanol–water partition coefficient (Wildman–Crippen LogP) is 4.46. The molecule has 1 N–H and O–H groups in total. The third-order valence-corrected chi connectivity index (χ3v) is 7.20. The lowest BCUT2D eigenvalue weighted by Gasteiger charge is -2.38. The van der Waals surface area contributed by atoms with Crippen molar-refractivity contribution < 1.29 is 22.8 Å². The van der Waals surface area contributed by atoms with Crippen molar-refractivity contribution in [2.45, 2.75) is 44.4 Å². The minimum absolute atomic E-state index is 0.0816. The Kier molecular flexibility index (Phi) is 6.80. The lowest BCUT2D eigenvalue weighted by molar-refractivity contribution is -0.137. The van der Waals surface area contributed by atoms with E-state index in [-0.39, 0.29) is 30.5 Å². The minimum atomic E-state index is -4.60. The number of halogens is 3. The molecule has 39 heavy (non-hydrogen) atoms. The summed E-state index contributed by atoms with van der Waals surface area (Å²) in [5, 5.41) is 17.1. The summed E-state index contributed by atoms with van der Waals surface area (Å²) in [5.74, 6) is -0.866. The Morgan fingerprint density at radius 1 is 1.18 bits per heavy atom. The second-order valence-electron chi connectivity index (χ2n) is 9.86. The number of carbonyl (C=O) groups is 2. The van der Waals surface area contributed by atoms with E-state index in [1.165, 1.54) is 17.0 Å². The van der Waals surface area contributed by atoms with Crippen LogP contribution in [-0.2, 0) is 17.5 Å². The van der Waals surface area contributed by atoms with E-state index in [0.717, 1.165) is 36.2 Å². The molecule has 0 unspecified atom stereocenters. The normalized spacial score (nSPS) is 18.9. The van der Waals surface area contributed by atoms with Crippen LogP contribution in [0.3, 0.4) is 0 Å². The number of hydrogen-bond donors (Lipinski definition) is 1. The molecule has 1 fully saturated rings. The lowest BCUT2D eigenvalue weighted by Crippen LogP contribution is -2.55. The summed E-state index contributed by atoms with van der Waals surface area (Å²) >= 11 is 0. The van der Waals surface area contributed by atoms with Gasteiger partial charge in [-0.2, -0.15) is 23.5 Å².